The molecule has 0 spiro atoms. The summed E-state index contributed by atoms with van der Waals surface area (Å²) in [7, 11) is 1.91. The number of aliphatic hydroxyl groups excluding tert-OH is 4. The number of nitrogens with one attached hydrogen (secondary N) is 1. The highest BCUT2D eigenvalue weighted by atomic mass is 32.2. The lowest BCUT2D eigenvalue weighted by molar-refractivity contribution is -0.211. The Kier molecular flexibility index (Phi) is 8.35. The molecule has 2 aliphatic heterocycles. The maximum atomic E-state index is 12.8. The molecule has 9 heteroatoms. The number of likely N-dealkylation sites (tertiary alicyclic amines) is 1. The normalized spacial score (nSPS) is 39.9. The van der Waals surface area contributed by atoms with E-state index in [2.05, 4.69) is 12.2 Å². The Morgan fingerprint density at radius 3 is 2.52 bits per heavy atom. The van der Waals surface area contributed by atoms with Crippen LogP contribution in [0.3, 0.4) is 0 Å². The van der Waals surface area contributed by atoms with Crippen LogP contribution in [0.5, 0.6) is 0 Å². The van der Waals surface area contributed by atoms with Crippen molar-refractivity contribution in [1.82, 2.24) is 10.2 Å². The molecule has 9 atom stereocenters. The SMILES string of the molecule is CCC[C@@H]1CC(C(=O)N[C@@H](C2O[C@H](SC)[C@H](O)[C@@H](O)[C@@H]2O)[C@@H](C)O)N(C)C1. The number of hydrogen-bond donors (Lipinski definition) is 5. The van der Waals surface area contributed by atoms with Crippen LogP contribution in [-0.2, 0) is 9.53 Å². The van der Waals surface area contributed by atoms with Gasteiger partial charge in [-0.15, -0.1) is 11.8 Å². The number of thioether (sulfide) groups is 1. The zero-order chi connectivity index (χ0) is 20.3. The summed E-state index contributed by atoms with van der Waals surface area (Å²) in [5.74, 6) is 0.245. The van der Waals surface area contributed by atoms with Gasteiger partial charge in [-0.1, -0.05) is 13.3 Å². The molecule has 2 aliphatic rings. The van der Waals surface area contributed by atoms with Crippen molar-refractivity contribution in [2.24, 2.45) is 5.92 Å². The van der Waals surface area contributed by atoms with Crippen molar-refractivity contribution in [3.63, 3.8) is 0 Å². The third kappa shape index (κ3) is 5.14. The van der Waals surface area contributed by atoms with E-state index >= 15 is 0 Å². The highest BCUT2D eigenvalue weighted by molar-refractivity contribution is 7.99. The van der Waals surface area contributed by atoms with Gasteiger partial charge in [0.05, 0.1) is 18.2 Å². The Labute approximate surface area is 165 Å². The molecular weight excluding hydrogens is 372 g/mol. The molecular formula is C18H34N2O6S. The molecule has 8 nitrogen and oxygen atoms in total. The van der Waals surface area contributed by atoms with E-state index in [0.29, 0.717) is 5.92 Å². The van der Waals surface area contributed by atoms with E-state index in [1.165, 1.54) is 18.7 Å². The second kappa shape index (κ2) is 9.87. The van der Waals surface area contributed by atoms with Crippen molar-refractivity contribution in [1.29, 1.82) is 0 Å². The summed E-state index contributed by atoms with van der Waals surface area (Å²) in [6.07, 6.45) is -1.50. The number of amides is 1. The van der Waals surface area contributed by atoms with Gasteiger partial charge in [-0.3, -0.25) is 9.69 Å². The zero-order valence-electron chi connectivity index (χ0n) is 16.5. The molecule has 0 aliphatic carbocycles. The molecule has 27 heavy (non-hydrogen) atoms. The molecule has 0 radical (unpaired) electrons. The Hall–Kier alpha value is -0.420. The van der Waals surface area contributed by atoms with Crippen LogP contribution < -0.4 is 5.32 Å². The molecule has 158 valence electrons. The Morgan fingerprint density at radius 1 is 1.30 bits per heavy atom. The summed E-state index contributed by atoms with van der Waals surface area (Å²) < 4.78 is 5.72. The quantitative estimate of drug-likeness (QED) is 0.370. The number of ether oxygens (including phenoxy) is 1. The van der Waals surface area contributed by atoms with E-state index in [0.717, 1.165) is 25.8 Å². The summed E-state index contributed by atoms with van der Waals surface area (Å²) in [6, 6.07) is -1.20. The van der Waals surface area contributed by atoms with Crippen LogP contribution in [0.2, 0.25) is 0 Å². The van der Waals surface area contributed by atoms with Gasteiger partial charge >= 0.3 is 0 Å². The van der Waals surface area contributed by atoms with Gasteiger partial charge < -0.3 is 30.5 Å². The lowest BCUT2D eigenvalue weighted by Crippen LogP contribution is -2.65. The van der Waals surface area contributed by atoms with Crippen molar-refractivity contribution < 1.29 is 30.0 Å². The van der Waals surface area contributed by atoms with Crippen molar-refractivity contribution >= 4 is 17.7 Å². The number of aliphatic hydroxyl groups is 4. The third-order valence-corrected chi connectivity index (χ3v) is 6.51. The number of rotatable bonds is 7. The van der Waals surface area contributed by atoms with Crippen molar-refractivity contribution in [3.05, 3.63) is 0 Å². The van der Waals surface area contributed by atoms with Crippen LogP contribution in [0.4, 0.5) is 0 Å². The average Bonchev–Trinajstić information content (AvgIpc) is 2.99. The van der Waals surface area contributed by atoms with E-state index < -0.39 is 42.0 Å². The first-order valence-electron chi connectivity index (χ1n) is 9.62. The van der Waals surface area contributed by atoms with E-state index in [4.69, 9.17) is 4.74 Å². The van der Waals surface area contributed by atoms with E-state index in [9.17, 15) is 25.2 Å². The van der Waals surface area contributed by atoms with Gasteiger partial charge in [-0.25, -0.2) is 0 Å². The summed E-state index contributed by atoms with van der Waals surface area (Å²) in [4.78, 5) is 14.9. The summed E-state index contributed by atoms with van der Waals surface area (Å²) in [5.41, 5.74) is -0.755. The van der Waals surface area contributed by atoms with Gasteiger partial charge in [0.25, 0.3) is 0 Å². The highest BCUT2D eigenvalue weighted by Crippen LogP contribution is 2.30. The number of carbonyl (C=O) groups excluding carboxylic acids is 1. The fourth-order valence-corrected chi connectivity index (χ4v) is 4.81. The smallest absolute Gasteiger partial charge is 0.237 e. The second-order valence-corrected chi connectivity index (χ2v) is 8.73. The lowest BCUT2D eigenvalue weighted by Gasteiger charge is -2.44. The summed E-state index contributed by atoms with van der Waals surface area (Å²) in [5, 5.41) is 43.5. The maximum absolute atomic E-state index is 12.8. The summed E-state index contributed by atoms with van der Waals surface area (Å²) in [6.45, 7) is 4.48. The predicted octanol–water partition coefficient (Wildman–Crippen LogP) is -0.857. The minimum atomic E-state index is -1.42. The number of carbonyl (C=O) groups is 1. The number of likely N-dealkylation sites (N-methyl/N-ethyl adjacent to an activating group) is 1. The molecule has 2 heterocycles. The van der Waals surface area contributed by atoms with Crippen LogP contribution in [0.25, 0.3) is 0 Å². The zero-order valence-corrected chi connectivity index (χ0v) is 17.3. The van der Waals surface area contributed by atoms with Crippen molar-refractivity contribution in [2.75, 3.05) is 19.8 Å². The molecule has 2 saturated heterocycles. The first-order chi connectivity index (χ1) is 12.7. The first-order valence-corrected chi connectivity index (χ1v) is 10.9. The number of nitrogens with zero attached hydrogens (tertiary/aromatic N) is 1. The van der Waals surface area contributed by atoms with Crippen LogP contribution >= 0.6 is 11.8 Å². The van der Waals surface area contributed by atoms with Crippen LogP contribution in [0, 0.1) is 5.92 Å². The van der Waals surface area contributed by atoms with Crippen LogP contribution in [-0.4, -0.2) is 99.1 Å². The second-order valence-electron chi connectivity index (χ2n) is 7.80. The van der Waals surface area contributed by atoms with Gasteiger partial charge in [-0.2, -0.15) is 0 Å². The van der Waals surface area contributed by atoms with Crippen LogP contribution in [0.15, 0.2) is 0 Å². The van der Waals surface area contributed by atoms with Crippen molar-refractivity contribution in [2.45, 2.75) is 81.1 Å². The molecule has 0 aromatic rings. The van der Waals surface area contributed by atoms with Crippen LogP contribution in [0.1, 0.15) is 33.1 Å². The molecule has 0 bridgehead atoms. The molecule has 1 amide bonds. The minimum absolute atomic E-state index is 0.223. The Morgan fingerprint density at radius 2 is 1.96 bits per heavy atom. The van der Waals surface area contributed by atoms with E-state index in [1.807, 2.05) is 11.9 Å². The molecule has 0 saturated carbocycles. The van der Waals surface area contributed by atoms with Gasteiger partial charge in [0.15, 0.2) is 0 Å². The highest BCUT2D eigenvalue weighted by Gasteiger charge is 2.48. The van der Waals surface area contributed by atoms with Gasteiger partial charge in [0.1, 0.15) is 29.9 Å². The topological polar surface area (TPSA) is 122 Å². The summed E-state index contributed by atoms with van der Waals surface area (Å²) >= 11 is 1.20. The number of hydrogen-bond acceptors (Lipinski definition) is 8. The monoisotopic (exact) mass is 406 g/mol. The molecule has 0 aromatic heterocycles. The van der Waals surface area contributed by atoms with Crippen molar-refractivity contribution in [3.8, 4) is 0 Å². The lowest BCUT2D eigenvalue weighted by atomic mass is 9.92. The van der Waals surface area contributed by atoms with Gasteiger partial charge in [0.2, 0.25) is 5.91 Å². The maximum Gasteiger partial charge on any atom is 0.237 e. The average molecular weight is 407 g/mol. The molecule has 2 unspecified atom stereocenters. The first kappa shape index (κ1) is 22.9. The fraction of sp³-hybridized carbons (Fsp3) is 0.944. The fourth-order valence-electron chi connectivity index (χ4n) is 4.13. The van der Waals surface area contributed by atoms with E-state index in [1.54, 1.807) is 6.26 Å². The molecule has 5 N–H and O–H groups in total. The Balaban J connectivity index is 2.09. The molecule has 0 aromatic carbocycles. The minimum Gasteiger partial charge on any atom is -0.391 e. The Bertz CT molecular complexity index is 494. The van der Waals surface area contributed by atoms with Gasteiger partial charge in [-0.05, 0) is 39.0 Å². The largest absolute Gasteiger partial charge is 0.391 e. The third-order valence-electron chi connectivity index (χ3n) is 5.66. The van der Waals surface area contributed by atoms with E-state index in [-0.39, 0.29) is 11.9 Å². The van der Waals surface area contributed by atoms with Gasteiger partial charge in [0, 0.05) is 6.54 Å². The molecule has 2 rings (SSSR count). The predicted molar refractivity (Wildman–Crippen MR) is 103 cm³/mol. The molecule has 2 fully saturated rings. The standard InChI is InChI=1S/C18H34N2O6S/c1-5-6-10-7-11(20(3)8-10)17(25)19-12(9(2)21)16-14(23)13(22)15(24)18(26-16)27-4/h9-16,18,21-24H,5-8H2,1-4H3,(H,19,25)/t9-,10-,11?,12-,13+,14+,15-,16?,18-/m1/s1.